The molecule has 0 atom stereocenters. The van der Waals surface area contributed by atoms with Crippen LogP contribution in [0.4, 0.5) is 0 Å². The quantitative estimate of drug-likeness (QED) is 0.307. The maximum atomic E-state index is 12.1. The first-order chi connectivity index (χ1) is 13.6. The van der Waals surface area contributed by atoms with Gasteiger partial charge in [-0.05, 0) is 29.8 Å². The standard InChI is InChI=1S/C21H28N4O3.HI/c1-22-21(25(2)13-14-28-19-7-5-4-6-8-19)24-16-20(26)23-15-17-9-11-18(27-3)12-10-17;/h4-12H,13-16H2,1-3H3,(H,22,24)(H,23,26);1H. The van der Waals surface area contributed by atoms with Gasteiger partial charge in [-0.25, -0.2) is 0 Å². The third kappa shape index (κ3) is 9.03. The number of aliphatic imine (C=N–C) groups is 1. The Morgan fingerprint density at radius 2 is 1.72 bits per heavy atom. The number of carbonyl (C=O) groups is 1. The molecule has 0 aromatic heterocycles. The van der Waals surface area contributed by atoms with E-state index in [1.54, 1.807) is 14.2 Å². The first kappa shape index (κ1) is 24.5. The summed E-state index contributed by atoms with van der Waals surface area (Å²) in [5, 5.41) is 5.94. The average molecular weight is 512 g/mol. The fourth-order valence-corrected chi connectivity index (χ4v) is 2.47. The van der Waals surface area contributed by atoms with Crippen LogP contribution in [-0.2, 0) is 11.3 Å². The molecule has 0 fully saturated rings. The van der Waals surface area contributed by atoms with Crippen LogP contribution in [0.5, 0.6) is 11.5 Å². The van der Waals surface area contributed by atoms with E-state index in [1.807, 2.05) is 66.5 Å². The minimum absolute atomic E-state index is 0. The van der Waals surface area contributed by atoms with Crippen molar-refractivity contribution in [1.82, 2.24) is 15.5 Å². The van der Waals surface area contributed by atoms with Crippen LogP contribution in [0.3, 0.4) is 0 Å². The second-order valence-electron chi connectivity index (χ2n) is 6.11. The number of nitrogens with one attached hydrogen (secondary N) is 2. The molecule has 0 heterocycles. The number of benzene rings is 2. The van der Waals surface area contributed by atoms with Crippen molar-refractivity contribution >= 4 is 35.8 Å². The summed E-state index contributed by atoms with van der Waals surface area (Å²) >= 11 is 0. The molecule has 0 aliphatic rings. The summed E-state index contributed by atoms with van der Waals surface area (Å²) in [6.45, 7) is 1.77. The summed E-state index contributed by atoms with van der Waals surface area (Å²) in [6.07, 6.45) is 0. The molecule has 2 rings (SSSR count). The molecule has 2 aromatic rings. The number of rotatable bonds is 9. The summed E-state index contributed by atoms with van der Waals surface area (Å²) in [5.74, 6) is 2.15. The van der Waals surface area contributed by atoms with Gasteiger partial charge in [-0.15, -0.1) is 24.0 Å². The number of hydrogen-bond acceptors (Lipinski definition) is 4. The topological polar surface area (TPSA) is 75.2 Å². The van der Waals surface area contributed by atoms with Crippen LogP contribution in [0.15, 0.2) is 59.6 Å². The number of hydrogen-bond donors (Lipinski definition) is 2. The summed E-state index contributed by atoms with van der Waals surface area (Å²) in [6, 6.07) is 17.2. The Bertz CT molecular complexity index is 754. The lowest BCUT2D eigenvalue weighted by atomic mass is 10.2. The maximum absolute atomic E-state index is 12.1. The van der Waals surface area contributed by atoms with Crippen LogP contribution >= 0.6 is 24.0 Å². The fourth-order valence-electron chi connectivity index (χ4n) is 2.47. The van der Waals surface area contributed by atoms with E-state index >= 15 is 0 Å². The molecule has 0 radical (unpaired) electrons. The van der Waals surface area contributed by atoms with Crippen LogP contribution in [0.1, 0.15) is 5.56 Å². The van der Waals surface area contributed by atoms with Crippen molar-refractivity contribution in [3.05, 3.63) is 60.2 Å². The molecule has 0 bridgehead atoms. The molecule has 7 nitrogen and oxygen atoms in total. The molecule has 0 saturated carbocycles. The van der Waals surface area contributed by atoms with Crippen molar-refractivity contribution in [1.29, 1.82) is 0 Å². The number of methoxy groups -OCH3 is 1. The van der Waals surface area contributed by atoms with E-state index in [0.717, 1.165) is 17.1 Å². The molecule has 29 heavy (non-hydrogen) atoms. The van der Waals surface area contributed by atoms with Crippen LogP contribution in [-0.4, -0.2) is 57.7 Å². The Labute approximate surface area is 189 Å². The third-order valence-electron chi connectivity index (χ3n) is 4.07. The highest BCUT2D eigenvalue weighted by Crippen LogP contribution is 2.11. The number of halogens is 1. The van der Waals surface area contributed by atoms with E-state index in [9.17, 15) is 4.79 Å². The van der Waals surface area contributed by atoms with E-state index in [4.69, 9.17) is 9.47 Å². The second-order valence-corrected chi connectivity index (χ2v) is 6.11. The van der Waals surface area contributed by atoms with Crippen LogP contribution in [0.25, 0.3) is 0 Å². The smallest absolute Gasteiger partial charge is 0.239 e. The largest absolute Gasteiger partial charge is 0.497 e. The normalized spacial score (nSPS) is 10.5. The lowest BCUT2D eigenvalue weighted by Gasteiger charge is -2.22. The highest BCUT2D eigenvalue weighted by Gasteiger charge is 2.08. The Morgan fingerprint density at radius 1 is 1.03 bits per heavy atom. The van der Waals surface area contributed by atoms with E-state index in [1.165, 1.54) is 0 Å². The molecule has 8 heteroatoms. The van der Waals surface area contributed by atoms with Crippen molar-refractivity contribution < 1.29 is 14.3 Å². The Kier molecular flexibility index (Phi) is 11.6. The molecule has 0 spiro atoms. The van der Waals surface area contributed by atoms with Gasteiger partial charge in [0, 0.05) is 20.6 Å². The van der Waals surface area contributed by atoms with Gasteiger partial charge in [-0.2, -0.15) is 0 Å². The zero-order valence-electron chi connectivity index (χ0n) is 17.1. The number of likely N-dealkylation sites (N-methyl/N-ethyl adjacent to an activating group) is 1. The first-order valence-electron chi connectivity index (χ1n) is 9.11. The molecule has 0 aliphatic carbocycles. The van der Waals surface area contributed by atoms with Gasteiger partial charge in [-0.1, -0.05) is 30.3 Å². The van der Waals surface area contributed by atoms with E-state index < -0.39 is 0 Å². The van der Waals surface area contributed by atoms with Crippen molar-refractivity contribution in [2.75, 3.05) is 40.9 Å². The zero-order chi connectivity index (χ0) is 20.2. The minimum atomic E-state index is -0.106. The summed E-state index contributed by atoms with van der Waals surface area (Å²) in [5.41, 5.74) is 1.01. The van der Waals surface area contributed by atoms with Crippen molar-refractivity contribution in [2.24, 2.45) is 4.99 Å². The Morgan fingerprint density at radius 3 is 2.34 bits per heavy atom. The molecule has 0 saturated heterocycles. The lowest BCUT2D eigenvalue weighted by molar-refractivity contribution is -0.120. The first-order valence-corrected chi connectivity index (χ1v) is 9.11. The number of ether oxygens (including phenoxy) is 2. The fraction of sp³-hybridized carbons (Fsp3) is 0.333. The van der Waals surface area contributed by atoms with Crippen molar-refractivity contribution in [3.63, 3.8) is 0 Å². The molecule has 2 aromatic carbocycles. The Balaban J connectivity index is 0.00000420. The van der Waals surface area contributed by atoms with Gasteiger partial charge in [0.2, 0.25) is 5.91 Å². The SMILES string of the molecule is CN=C(NCC(=O)NCc1ccc(OC)cc1)N(C)CCOc1ccccc1.I. The van der Waals surface area contributed by atoms with Gasteiger partial charge in [-0.3, -0.25) is 9.79 Å². The molecular formula is C21H29IN4O3. The Hall–Kier alpha value is -2.49. The number of guanidine groups is 1. The van der Waals surface area contributed by atoms with Crippen LogP contribution < -0.4 is 20.1 Å². The van der Waals surface area contributed by atoms with Gasteiger partial charge >= 0.3 is 0 Å². The molecule has 158 valence electrons. The molecule has 0 aliphatic heterocycles. The second kappa shape index (κ2) is 13.6. The highest BCUT2D eigenvalue weighted by molar-refractivity contribution is 14.0. The molecular weight excluding hydrogens is 483 g/mol. The van der Waals surface area contributed by atoms with Gasteiger partial charge in [0.1, 0.15) is 18.1 Å². The van der Waals surface area contributed by atoms with Crippen LogP contribution in [0, 0.1) is 0 Å². The number of para-hydroxylation sites is 1. The van der Waals surface area contributed by atoms with Crippen molar-refractivity contribution in [3.8, 4) is 11.5 Å². The predicted molar refractivity (Wildman–Crippen MR) is 126 cm³/mol. The van der Waals surface area contributed by atoms with Gasteiger partial charge in [0.15, 0.2) is 5.96 Å². The zero-order valence-corrected chi connectivity index (χ0v) is 19.4. The maximum Gasteiger partial charge on any atom is 0.239 e. The number of carbonyl (C=O) groups excluding carboxylic acids is 1. The molecule has 0 unspecified atom stereocenters. The van der Waals surface area contributed by atoms with Crippen LogP contribution in [0.2, 0.25) is 0 Å². The van der Waals surface area contributed by atoms with E-state index in [-0.39, 0.29) is 36.4 Å². The van der Waals surface area contributed by atoms with Gasteiger partial charge in [0.05, 0.1) is 20.2 Å². The lowest BCUT2D eigenvalue weighted by Crippen LogP contribution is -2.45. The summed E-state index contributed by atoms with van der Waals surface area (Å²) < 4.78 is 10.8. The average Bonchev–Trinajstić information content (AvgIpc) is 2.74. The molecule has 1 amide bonds. The molecule has 2 N–H and O–H groups in total. The highest BCUT2D eigenvalue weighted by atomic mass is 127. The van der Waals surface area contributed by atoms with E-state index in [0.29, 0.717) is 25.7 Å². The number of nitrogens with zero attached hydrogens (tertiary/aromatic N) is 2. The van der Waals surface area contributed by atoms with Crippen molar-refractivity contribution in [2.45, 2.75) is 6.54 Å². The minimum Gasteiger partial charge on any atom is -0.497 e. The third-order valence-corrected chi connectivity index (χ3v) is 4.07. The summed E-state index contributed by atoms with van der Waals surface area (Å²) in [4.78, 5) is 18.2. The number of amides is 1. The van der Waals surface area contributed by atoms with E-state index in [2.05, 4.69) is 15.6 Å². The monoisotopic (exact) mass is 512 g/mol. The van der Waals surface area contributed by atoms with Gasteiger partial charge in [0.25, 0.3) is 0 Å². The summed E-state index contributed by atoms with van der Waals surface area (Å²) in [7, 11) is 5.21. The predicted octanol–water partition coefficient (Wildman–Crippen LogP) is 2.52. The van der Waals surface area contributed by atoms with Gasteiger partial charge < -0.3 is 25.0 Å².